The van der Waals surface area contributed by atoms with Gasteiger partial charge in [-0.1, -0.05) is 20.8 Å². The maximum absolute atomic E-state index is 7.00. The van der Waals surface area contributed by atoms with Crippen LogP contribution in [0.15, 0.2) is 28.8 Å². The summed E-state index contributed by atoms with van der Waals surface area (Å²) in [7, 11) is 22.7. The van der Waals surface area contributed by atoms with E-state index in [0.717, 1.165) is 7.11 Å². The van der Waals surface area contributed by atoms with Crippen LogP contribution in [0.1, 0.15) is 26.3 Å². The van der Waals surface area contributed by atoms with Crippen molar-refractivity contribution in [2.75, 3.05) is 14.2 Å². The molecule has 0 aromatic carbocycles. The number of aliphatic hydroxyl groups is 1. The number of hydrogen-bond acceptors (Lipinski definition) is 2. The van der Waals surface area contributed by atoms with Crippen LogP contribution in [0.4, 0.5) is 0 Å². The van der Waals surface area contributed by atoms with Crippen molar-refractivity contribution in [2.45, 2.75) is 26.2 Å². The molecule has 116 valence electrons. The van der Waals surface area contributed by atoms with Crippen LogP contribution in [0.2, 0.25) is 0 Å². The van der Waals surface area contributed by atoms with Gasteiger partial charge in [-0.25, -0.2) is 4.42 Å². The number of nitrogens with zero attached hydrogens (tertiary/aromatic N) is 1. The van der Waals surface area contributed by atoms with Crippen molar-refractivity contribution in [3.8, 4) is 0 Å². The van der Waals surface area contributed by atoms with Crippen molar-refractivity contribution in [2.24, 2.45) is 0 Å². The summed E-state index contributed by atoms with van der Waals surface area (Å²) in [5.74, 6) is 0. The number of hydrogen-bond donors (Lipinski definition) is 1. The molecule has 0 bridgehead atoms. The van der Waals surface area contributed by atoms with Crippen LogP contribution >= 0.6 is 37.2 Å². The first-order valence-corrected chi connectivity index (χ1v) is 14.2. The van der Waals surface area contributed by atoms with Gasteiger partial charge in [-0.15, -0.1) is 0 Å². The summed E-state index contributed by atoms with van der Waals surface area (Å²) in [5.41, 5.74) is 2.06. The Balaban J connectivity index is 0. The number of aromatic nitrogens is 1. The molecule has 0 aliphatic carbocycles. The molecule has 0 spiro atoms. The van der Waals surface area contributed by atoms with E-state index in [9.17, 15) is 0 Å². The van der Waals surface area contributed by atoms with Crippen LogP contribution in [-0.4, -0.2) is 24.3 Å². The Labute approximate surface area is 139 Å². The first-order valence-electron chi connectivity index (χ1n) is 5.58. The molecular weight excluding hydrogens is 380 g/mol. The van der Waals surface area contributed by atoms with E-state index in [2.05, 4.69) is 25.8 Å². The van der Waals surface area contributed by atoms with Crippen LogP contribution < -0.4 is 5.56 Å². The van der Waals surface area contributed by atoms with Gasteiger partial charge in [-0.2, -0.15) is 4.98 Å². The van der Waals surface area contributed by atoms with Gasteiger partial charge in [0, 0.05) is 13.3 Å². The average molecular weight is 400 g/mol. The zero-order valence-electron chi connectivity index (χ0n) is 12.1. The monoisotopic (exact) mass is 398 g/mol. The SMILES string of the molecule is CO.C[O+]=c1ccc(C(C)(C)C)ccn1.[Cl][Ti]([Cl])([Cl])[Cl]. The minimum atomic E-state index is -3.11. The number of halogens is 4. The van der Waals surface area contributed by atoms with Crippen LogP contribution in [0.3, 0.4) is 0 Å². The van der Waals surface area contributed by atoms with Crippen molar-refractivity contribution < 1.29 is 17.5 Å². The quantitative estimate of drug-likeness (QED) is 0.523. The van der Waals surface area contributed by atoms with E-state index in [0.29, 0.717) is 5.56 Å². The van der Waals surface area contributed by atoms with Crippen molar-refractivity contribution in [1.82, 2.24) is 4.98 Å². The Morgan fingerprint density at radius 1 is 1.05 bits per heavy atom. The second-order valence-electron chi connectivity index (χ2n) is 4.45. The van der Waals surface area contributed by atoms with E-state index in [1.165, 1.54) is 5.56 Å². The topological polar surface area (TPSA) is 44.4 Å². The molecule has 0 aliphatic heterocycles. The third-order valence-electron chi connectivity index (χ3n) is 1.94. The molecule has 1 N–H and O–H groups in total. The summed E-state index contributed by atoms with van der Waals surface area (Å²) in [5, 5.41) is 7.00. The molecular formula is C12H20Cl4NO2Ti+. The van der Waals surface area contributed by atoms with Gasteiger partial charge in [0.2, 0.25) is 0 Å². The van der Waals surface area contributed by atoms with E-state index >= 15 is 0 Å². The molecule has 0 fully saturated rings. The van der Waals surface area contributed by atoms with E-state index in [-0.39, 0.29) is 5.41 Å². The van der Waals surface area contributed by atoms with E-state index in [1.807, 2.05) is 18.2 Å². The standard InChI is InChI=1S/C11H16NO.CH4O.4ClH.Ti/c1-11(2,3)9-5-6-10(13-4)12-8-7-9;1-2;;;;;/h5-8H,1-4H3;2H,1H3;4*1H;/q+1;;;;;;+4/p-4. The van der Waals surface area contributed by atoms with Crippen molar-refractivity contribution in [1.29, 1.82) is 0 Å². The Hall–Kier alpha value is 0.654. The van der Waals surface area contributed by atoms with Gasteiger partial charge in [0.25, 0.3) is 7.11 Å². The summed E-state index contributed by atoms with van der Waals surface area (Å²) in [6, 6.07) is 5.95. The third kappa shape index (κ3) is 15.1. The fourth-order valence-electron chi connectivity index (χ4n) is 1.07. The molecule has 0 saturated carbocycles. The Morgan fingerprint density at radius 2 is 1.50 bits per heavy atom. The fourth-order valence-corrected chi connectivity index (χ4v) is 1.07. The van der Waals surface area contributed by atoms with Crippen molar-refractivity contribution in [3.05, 3.63) is 39.9 Å². The molecule has 0 unspecified atom stereocenters. The Morgan fingerprint density at radius 3 is 1.85 bits per heavy atom. The van der Waals surface area contributed by atoms with E-state index in [4.69, 9.17) is 46.8 Å². The average Bonchev–Trinajstić information content (AvgIpc) is 2.53. The van der Waals surface area contributed by atoms with Gasteiger partial charge in [0.1, 0.15) is 0 Å². The summed E-state index contributed by atoms with van der Waals surface area (Å²) in [4.78, 5) is 4.11. The van der Waals surface area contributed by atoms with Crippen LogP contribution in [0, 0.1) is 0 Å². The van der Waals surface area contributed by atoms with Crippen LogP contribution in [0.25, 0.3) is 0 Å². The summed E-state index contributed by atoms with van der Waals surface area (Å²) in [6.07, 6.45) is 1.78. The minimum absolute atomic E-state index is 0.158. The van der Waals surface area contributed by atoms with E-state index < -0.39 is 12.3 Å². The maximum atomic E-state index is 7.00. The molecule has 1 aromatic heterocycles. The molecule has 8 heteroatoms. The first-order chi connectivity index (χ1) is 9.04. The molecule has 0 aliphatic rings. The second-order valence-corrected chi connectivity index (χ2v) is 19.9. The molecule has 3 nitrogen and oxygen atoms in total. The number of aliphatic hydroxyl groups excluding tert-OH is 1. The molecule has 1 aromatic rings. The molecule has 1 rings (SSSR count). The van der Waals surface area contributed by atoms with Gasteiger partial charge in [0.05, 0.1) is 6.07 Å². The van der Waals surface area contributed by atoms with Crippen LogP contribution in [-0.2, 0) is 17.8 Å². The van der Waals surface area contributed by atoms with Gasteiger partial charge >= 0.3 is 55.1 Å². The Bertz CT molecular complexity index is 439. The molecule has 1 heterocycles. The fraction of sp³-hybridized carbons (Fsp3) is 0.500. The summed E-state index contributed by atoms with van der Waals surface area (Å²) >= 11 is -3.11. The van der Waals surface area contributed by atoms with E-state index in [1.54, 1.807) is 13.3 Å². The Kier molecular flexibility index (Phi) is 12.9. The zero-order chi connectivity index (χ0) is 16.4. The molecule has 20 heavy (non-hydrogen) atoms. The summed E-state index contributed by atoms with van der Waals surface area (Å²) in [6.45, 7) is 6.53. The molecule has 0 saturated heterocycles. The van der Waals surface area contributed by atoms with Gasteiger partial charge in [0.15, 0.2) is 0 Å². The van der Waals surface area contributed by atoms with Crippen molar-refractivity contribution in [3.63, 3.8) is 0 Å². The predicted octanol–water partition coefficient (Wildman–Crippen LogP) is 4.27. The summed E-state index contributed by atoms with van der Waals surface area (Å²) < 4.78 is 5.03. The number of rotatable bonds is 0. The van der Waals surface area contributed by atoms with Crippen LogP contribution in [0.5, 0.6) is 0 Å². The molecule has 0 radical (unpaired) electrons. The second kappa shape index (κ2) is 11.3. The third-order valence-corrected chi connectivity index (χ3v) is 1.94. The van der Waals surface area contributed by atoms with Gasteiger partial charge in [-0.05, 0) is 23.1 Å². The molecule has 0 atom stereocenters. The molecule has 0 amide bonds. The van der Waals surface area contributed by atoms with Crippen molar-refractivity contribution >= 4 is 37.2 Å². The zero-order valence-corrected chi connectivity index (χ0v) is 16.7. The van der Waals surface area contributed by atoms with Gasteiger partial charge in [-0.3, -0.25) is 0 Å². The predicted molar refractivity (Wildman–Crippen MR) is 86.7 cm³/mol. The first kappa shape index (κ1) is 22.9. The van der Waals surface area contributed by atoms with Gasteiger partial charge < -0.3 is 5.11 Å². The normalized spacial score (nSPS) is 11.8.